The average molecular weight is 521 g/mol. The van der Waals surface area contributed by atoms with Gasteiger partial charge in [-0.15, -0.1) is 0 Å². The van der Waals surface area contributed by atoms with Crippen LogP contribution in [0.1, 0.15) is 23.8 Å². The van der Waals surface area contributed by atoms with Gasteiger partial charge in [0, 0.05) is 22.6 Å². The van der Waals surface area contributed by atoms with Gasteiger partial charge in [0.05, 0.1) is 10.9 Å². The standard InChI is InChI=1S/C20H17ClF4N4O4S/c21-12-2-4-13(5-3-12)34(31,32)19(28-16(17(26)30)7-8-20(23,24)25)14-6-1-11(9-15(14)22)18-27-10-33-29-18/h1-6,9-10,16,19,28H,7-8H2,(H2,26,30)/t16-,19?/m1/s1. The van der Waals surface area contributed by atoms with Gasteiger partial charge in [-0.25, -0.2) is 12.8 Å². The molecular formula is C20H17ClF4N4O4S. The fraction of sp³-hybridized carbons (Fsp3) is 0.250. The van der Waals surface area contributed by atoms with Gasteiger partial charge in [-0.2, -0.15) is 18.2 Å². The molecule has 1 heterocycles. The lowest BCUT2D eigenvalue weighted by atomic mass is 10.1. The molecule has 0 aliphatic carbocycles. The minimum atomic E-state index is -4.63. The summed E-state index contributed by atoms with van der Waals surface area (Å²) >= 11 is 5.80. The summed E-state index contributed by atoms with van der Waals surface area (Å²) in [5.41, 5.74) is 4.91. The van der Waals surface area contributed by atoms with Crippen molar-refractivity contribution in [2.75, 3.05) is 0 Å². The molecule has 0 spiro atoms. The molecule has 2 aromatic carbocycles. The first-order valence-corrected chi connectivity index (χ1v) is 11.5. The number of halogens is 5. The molecule has 2 atom stereocenters. The van der Waals surface area contributed by atoms with Crippen molar-refractivity contribution in [3.63, 3.8) is 0 Å². The molecule has 1 unspecified atom stereocenters. The Bertz CT molecular complexity index is 1250. The van der Waals surface area contributed by atoms with Crippen molar-refractivity contribution in [3.8, 4) is 11.4 Å². The van der Waals surface area contributed by atoms with Crippen LogP contribution in [0.3, 0.4) is 0 Å². The first-order chi connectivity index (χ1) is 15.9. The van der Waals surface area contributed by atoms with Crippen molar-refractivity contribution in [1.82, 2.24) is 15.5 Å². The van der Waals surface area contributed by atoms with E-state index >= 15 is 4.39 Å². The van der Waals surface area contributed by atoms with Crippen LogP contribution in [0.4, 0.5) is 17.6 Å². The third-order valence-corrected chi connectivity index (χ3v) is 6.96. The van der Waals surface area contributed by atoms with E-state index in [-0.39, 0.29) is 21.3 Å². The van der Waals surface area contributed by atoms with Gasteiger partial charge in [0.25, 0.3) is 0 Å². The fourth-order valence-corrected chi connectivity index (χ4v) is 4.86. The van der Waals surface area contributed by atoms with Gasteiger partial charge in [0.1, 0.15) is 11.2 Å². The Morgan fingerprint density at radius 3 is 2.38 bits per heavy atom. The van der Waals surface area contributed by atoms with E-state index in [1.54, 1.807) is 0 Å². The van der Waals surface area contributed by atoms with Gasteiger partial charge in [-0.3, -0.25) is 10.1 Å². The number of alkyl halides is 3. The second-order valence-corrected chi connectivity index (χ2v) is 9.61. The number of benzene rings is 2. The van der Waals surface area contributed by atoms with E-state index in [1.807, 2.05) is 0 Å². The summed E-state index contributed by atoms with van der Waals surface area (Å²) in [5, 5.41) is 4.13. The van der Waals surface area contributed by atoms with Crippen LogP contribution in [0.15, 0.2) is 58.3 Å². The molecule has 1 aromatic heterocycles. The number of sulfone groups is 1. The predicted molar refractivity (Wildman–Crippen MR) is 112 cm³/mol. The van der Waals surface area contributed by atoms with E-state index in [4.69, 9.17) is 17.3 Å². The van der Waals surface area contributed by atoms with Gasteiger partial charge in [0.2, 0.25) is 18.1 Å². The van der Waals surface area contributed by atoms with Crippen molar-refractivity contribution in [3.05, 3.63) is 65.3 Å². The zero-order valence-electron chi connectivity index (χ0n) is 17.1. The number of nitrogens with two attached hydrogens (primary N) is 1. The highest BCUT2D eigenvalue weighted by molar-refractivity contribution is 7.91. The Hall–Kier alpha value is -3.03. The maximum atomic E-state index is 15.1. The molecule has 0 bridgehead atoms. The van der Waals surface area contributed by atoms with Gasteiger partial charge >= 0.3 is 6.18 Å². The summed E-state index contributed by atoms with van der Waals surface area (Å²) in [6, 6.07) is 6.43. The molecule has 0 saturated carbocycles. The highest BCUT2D eigenvalue weighted by Crippen LogP contribution is 2.32. The summed E-state index contributed by atoms with van der Waals surface area (Å²) < 4.78 is 84.7. The third-order valence-electron chi connectivity index (χ3n) is 4.77. The van der Waals surface area contributed by atoms with E-state index in [0.717, 1.165) is 30.7 Å². The van der Waals surface area contributed by atoms with Crippen LogP contribution in [-0.2, 0) is 14.6 Å². The first kappa shape index (κ1) is 25.6. The van der Waals surface area contributed by atoms with E-state index in [0.29, 0.717) is 0 Å². The van der Waals surface area contributed by atoms with Crippen LogP contribution >= 0.6 is 11.6 Å². The number of aromatic nitrogens is 2. The number of nitrogens with zero attached hydrogens (tertiary/aromatic N) is 2. The third kappa shape index (κ3) is 6.10. The molecule has 3 rings (SSSR count). The summed E-state index contributed by atoms with van der Waals surface area (Å²) in [5.74, 6) is -2.25. The number of hydrogen-bond acceptors (Lipinski definition) is 7. The molecule has 14 heteroatoms. The topological polar surface area (TPSA) is 128 Å². The Morgan fingerprint density at radius 1 is 1.18 bits per heavy atom. The van der Waals surface area contributed by atoms with E-state index < -0.39 is 57.6 Å². The van der Waals surface area contributed by atoms with Crippen molar-refractivity contribution in [2.24, 2.45) is 5.73 Å². The Labute approximate surface area is 196 Å². The normalized spacial score (nSPS) is 14.0. The van der Waals surface area contributed by atoms with E-state index in [9.17, 15) is 26.4 Å². The maximum absolute atomic E-state index is 15.1. The number of hydrogen-bond donors (Lipinski definition) is 2. The molecule has 0 saturated heterocycles. The molecule has 3 N–H and O–H groups in total. The molecule has 8 nitrogen and oxygen atoms in total. The molecule has 0 aliphatic heterocycles. The lowest BCUT2D eigenvalue weighted by Gasteiger charge is -2.25. The van der Waals surface area contributed by atoms with Crippen LogP contribution < -0.4 is 11.1 Å². The first-order valence-electron chi connectivity index (χ1n) is 9.56. The zero-order valence-corrected chi connectivity index (χ0v) is 18.7. The number of primary amides is 1. The Balaban J connectivity index is 2.06. The van der Waals surface area contributed by atoms with Crippen LogP contribution in [0.2, 0.25) is 5.02 Å². The lowest BCUT2D eigenvalue weighted by Crippen LogP contribution is -2.46. The van der Waals surface area contributed by atoms with Crippen LogP contribution in [-0.4, -0.2) is 36.7 Å². The van der Waals surface area contributed by atoms with Gasteiger partial charge in [0.15, 0.2) is 9.84 Å². The number of amides is 1. The zero-order chi connectivity index (χ0) is 25.1. The van der Waals surface area contributed by atoms with Crippen LogP contribution in [0, 0.1) is 5.82 Å². The molecule has 1 amide bonds. The maximum Gasteiger partial charge on any atom is 0.389 e. The molecule has 182 valence electrons. The minimum absolute atomic E-state index is 0.0238. The SMILES string of the molecule is NC(=O)[C@@H](CCC(F)(F)F)NC(c1ccc(-c2ncon2)cc1F)S(=O)(=O)c1ccc(Cl)cc1. The monoisotopic (exact) mass is 520 g/mol. The van der Waals surface area contributed by atoms with Gasteiger partial charge in [-0.05, 0) is 36.8 Å². The van der Waals surface area contributed by atoms with Crippen molar-refractivity contribution >= 4 is 27.3 Å². The molecular weight excluding hydrogens is 504 g/mol. The van der Waals surface area contributed by atoms with Crippen molar-refractivity contribution in [2.45, 2.75) is 35.3 Å². The molecule has 0 aliphatic rings. The molecule has 3 aromatic rings. The summed E-state index contributed by atoms with van der Waals surface area (Å²) in [7, 11) is -4.49. The second kappa shape index (κ2) is 10.1. The molecule has 34 heavy (non-hydrogen) atoms. The van der Waals surface area contributed by atoms with Gasteiger partial charge < -0.3 is 10.3 Å². The lowest BCUT2D eigenvalue weighted by molar-refractivity contribution is -0.138. The Morgan fingerprint density at radius 2 is 1.85 bits per heavy atom. The molecule has 0 fully saturated rings. The number of nitrogens with one attached hydrogen (secondary N) is 1. The van der Waals surface area contributed by atoms with Crippen molar-refractivity contribution < 1.29 is 35.3 Å². The smallest absolute Gasteiger partial charge is 0.368 e. The summed E-state index contributed by atoms with van der Waals surface area (Å²) in [6.07, 6.45) is -5.89. The van der Waals surface area contributed by atoms with E-state index in [1.165, 1.54) is 18.2 Å². The summed E-state index contributed by atoms with van der Waals surface area (Å²) in [6.45, 7) is 0. The van der Waals surface area contributed by atoms with Crippen LogP contribution in [0.5, 0.6) is 0 Å². The number of carbonyl (C=O) groups is 1. The quantitative estimate of drug-likeness (QED) is 0.411. The number of rotatable bonds is 9. The summed E-state index contributed by atoms with van der Waals surface area (Å²) in [4.78, 5) is 15.3. The number of carbonyl (C=O) groups excluding carboxylic acids is 1. The molecule has 0 radical (unpaired) electrons. The van der Waals surface area contributed by atoms with Gasteiger partial charge in [-0.1, -0.05) is 28.9 Å². The highest BCUT2D eigenvalue weighted by Gasteiger charge is 2.36. The fourth-order valence-electron chi connectivity index (χ4n) is 3.08. The van der Waals surface area contributed by atoms with Crippen LogP contribution in [0.25, 0.3) is 11.4 Å². The Kier molecular flexibility index (Phi) is 7.58. The minimum Gasteiger partial charge on any atom is -0.368 e. The highest BCUT2D eigenvalue weighted by atomic mass is 35.5. The largest absolute Gasteiger partial charge is 0.389 e. The van der Waals surface area contributed by atoms with Crippen molar-refractivity contribution in [1.29, 1.82) is 0 Å². The predicted octanol–water partition coefficient (Wildman–Crippen LogP) is 3.79. The second-order valence-electron chi connectivity index (χ2n) is 7.15. The van der Waals surface area contributed by atoms with E-state index in [2.05, 4.69) is 20.0 Å². The average Bonchev–Trinajstić information content (AvgIpc) is 3.28.